The Kier molecular flexibility index (Phi) is 5.11. The number of aromatic nitrogens is 2. The van der Waals surface area contributed by atoms with E-state index >= 15 is 0 Å². The molecule has 1 aromatic heterocycles. The van der Waals surface area contributed by atoms with Crippen molar-refractivity contribution in [1.82, 2.24) is 14.5 Å². The Labute approximate surface area is 148 Å². The van der Waals surface area contributed by atoms with Gasteiger partial charge in [-0.25, -0.2) is 4.98 Å². The highest BCUT2D eigenvalue weighted by Crippen LogP contribution is 2.12. The molecule has 24 heavy (non-hydrogen) atoms. The van der Waals surface area contributed by atoms with Gasteiger partial charge in [0, 0.05) is 38.3 Å². The lowest BCUT2D eigenvalue weighted by Gasteiger charge is -2.26. The molecule has 3 rings (SSSR count). The maximum Gasteiger partial charge on any atom is 0.272 e. The van der Waals surface area contributed by atoms with Crippen LogP contribution >= 0.6 is 15.9 Å². The van der Waals surface area contributed by atoms with Gasteiger partial charge in [0.25, 0.3) is 11.5 Å². The second-order valence-corrected chi connectivity index (χ2v) is 6.52. The van der Waals surface area contributed by atoms with Crippen LogP contribution in [0.15, 0.2) is 39.9 Å². The van der Waals surface area contributed by atoms with E-state index in [-0.39, 0.29) is 11.5 Å². The molecule has 7 heteroatoms. The molecule has 2 heterocycles. The molecule has 6 nitrogen and oxygen atoms in total. The smallest absolute Gasteiger partial charge is 0.272 e. The first kappa shape index (κ1) is 16.9. The van der Waals surface area contributed by atoms with Crippen molar-refractivity contribution < 1.29 is 9.53 Å². The molecule has 1 aliphatic heterocycles. The van der Waals surface area contributed by atoms with E-state index in [9.17, 15) is 9.59 Å². The lowest BCUT2D eigenvalue weighted by atomic mass is 10.1. The average Bonchev–Trinajstić information content (AvgIpc) is 2.60. The molecular weight excluding hydrogens is 374 g/mol. The summed E-state index contributed by atoms with van der Waals surface area (Å²) in [7, 11) is 1.70. The molecule has 2 aromatic rings. The Morgan fingerprint density at radius 1 is 1.25 bits per heavy atom. The third kappa shape index (κ3) is 3.73. The normalized spacial score (nSPS) is 14.7. The van der Waals surface area contributed by atoms with E-state index in [0.717, 1.165) is 5.56 Å². The minimum atomic E-state index is -0.119. The van der Waals surface area contributed by atoms with Gasteiger partial charge in [-0.05, 0) is 33.6 Å². The van der Waals surface area contributed by atoms with E-state index in [4.69, 9.17) is 4.74 Å². The van der Waals surface area contributed by atoms with Gasteiger partial charge >= 0.3 is 0 Å². The van der Waals surface area contributed by atoms with Crippen molar-refractivity contribution in [2.24, 2.45) is 7.05 Å². The van der Waals surface area contributed by atoms with Gasteiger partial charge in [-0.3, -0.25) is 9.59 Å². The third-order valence-corrected chi connectivity index (χ3v) is 4.36. The van der Waals surface area contributed by atoms with Crippen molar-refractivity contribution in [2.45, 2.75) is 6.42 Å². The number of morpholine rings is 1. The van der Waals surface area contributed by atoms with Gasteiger partial charge < -0.3 is 14.2 Å². The Morgan fingerprint density at radius 2 is 1.92 bits per heavy atom. The molecular formula is C17H18BrN3O3. The Morgan fingerprint density at radius 3 is 2.58 bits per heavy atom. The maximum absolute atomic E-state index is 12.4. The number of halogens is 1. The number of amides is 1. The summed E-state index contributed by atoms with van der Waals surface area (Å²) in [6.07, 6.45) is 2.06. The van der Waals surface area contributed by atoms with Crippen LogP contribution in [0.3, 0.4) is 0 Å². The number of carbonyl (C=O) groups is 1. The summed E-state index contributed by atoms with van der Waals surface area (Å²) in [6.45, 7) is 2.42. The Balaban J connectivity index is 1.75. The second kappa shape index (κ2) is 7.27. The fourth-order valence-electron chi connectivity index (χ4n) is 2.65. The number of carbonyl (C=O) groups excluding carboxylic acids is 1. The minimum Gasteiger partial charge on any atom is -0.378 e. The van der Waals surface area contributed by atoms with Crippen molar-refractivity contribution in [3.05, 3.63) is 62.2 Å². The first-order valence-corrected chi connectivity index (χ1v) is 8.52. The Bertz CT molecular complexity index is 796. The van der Waals surface area contributed by atoms with Crippen molar-refractivity contribution in [2.75, 3.05) is 26.3 Å². The van der Waals surface area contributed by atoms with Crippen LogP contribution in [-0.2, 0) is 18.2 Å². The summed E-state index contributed by atoms with van der Waals surface area (Å²) in [6, 6.07) is 7.34. The molecule has 1 aromatic carbocycles. The van der Waals surface area contributed by atoms with Crippen LogP contribution in [0.25, 0.3) is 0 Å². The first-order valence-electron chi connectivity index (χ1n) is 7.72. The molecule has 0 radical (unpaired) electrons. The van der Waals surface area contributed by atoms with Crippen molar-refractivity contribution in [3.8, 4) is 0 Å². The molecule has 126 valence electrons. The maximum atomic E-state index is 12.4. The van der Waals surface area contributed by atoms with E-state index < -0.39 is 0 Å². The van der Waals surface area contributed by atoms with Crippen molar-refractivity contribution in [1.29, 1.82) is 0 Å². The molecule has 1 amide bonds. The topological polar surface area (TPSA) is 64.4 Å². The monoisotopic (exact) mass is 391 g/mol. The van der Waals surface area contributed by atoms with Crippen LogP contribution in [0, 0.1) is 0 Å². The van der Waals surface area contributed by atoms with Crippen LogP contribution in [0.4, 0.5) is 0 Å². The number of ether oxygens (including phenoxy) is 1. The molecule has 0 bridgehead atoms. The lowest BCUT2D eigenvalue weighted by Crippen LogP contribution is -2.40. The van der Waals surface area contributed by atoms with Gasteiger partial charge in [-0.2, -0.15) is 0 Å². The second-order valence-electron chi connectivity index (χ2n) is 5.70. The number of hydrogen-bond acceptors (Lipinski definition) is 4. The van der Waals surface area contributed by atoms with Gasteiger partial charge in [0.05, 0.1) is 13.2 Å². The zero-order chi connectivity index (χ0) is 17.1. The van der Waals surface area contributed by atoms with Crippen LogP contribution in [0.5, 0.6) is 0 Å². The van der Waals surface area contributed by atoms with E-state index in [1.807, 2.05) is 12.1 Å². The summed E-state index contributed by atoms with van der Waals surface area (Å²) >= 11 is 3.30. The van der Waals surface area contributed by atoms with Crippen LogP contribution in [0.1, 0.15) is 21.6 Å². The molecule has 0 N–H and O–H groups in total. The third-order valence-electron chi connectivity index (χ3n) is 3.98. The van der Waals surface area contributed by atoms with Gasteiger partial charge in [0.1, 0.15) is 10.3 Å². The summed E-state index contributed by atoms with van der Waals surface area (Å²) in [5.41, 5.74) is 1.94. The van der Waals surface area contributed by atoms with Crippen molar-refractivity contribution >= 4 is 21.8 Å². The zero-order valence-electron chi connectivity index (χ0n) is 13.4. The first-order chi connectivity index (χ1) is 11.5. The predicted molar refractivity (Wildman–Crippen MR) is 93.1 cm³/mol. The number of rotatable bonds is 3. The molecule has 1 fully saturated rings. The van der Waals surface area contributed by atoms with E-state index in [2.05, 4.69) is 20.9 Å². The van der Waals surface area contributed by atoms with Crippen LogP contribution in [0.2, 0.25) is 0 Å². The van der Waals surface area contributed by atoms with E-state index in [1.54, 1.807) is 30.3 Å². The quantitative estimate of drug-likeness (QED) is 0.796. The number of nitrogens with zero attached hydrogens (tertiary/aromatic N) is 3. The molecule has 0 saturated carbocycles. The minimum absolute atomic E-state index is 0.0151. The molecule has 0 atom stereocenters. The Hall–Kier alpha value is -1.99. The van der Waals surface area contributed by atoms with Crippen molar-refractivity contribution in [3.63, 3.8) is 0 Å². The predicted octanol–water partition coefficient (Wildman–Crippen LogP) is 1.61. The van der Waals surface area contributed by atoms with Gasteiger partial charge in [0.2, 0.25) is 0 Å². The van der Waals surface area contributed by atoms with Gasteiger partial charge in [-0.15, -0.1) is 0 Å². The molecule has 1 aliphatic rings. The largest absolute Gasteiger partial charge is 0.378 e. The SMILES string of the molecule is Cn1cc(Br)nc(Cc2ccc(C(=O)N3CCOCC3)cc2)c1=O. The van der Waals surface area contributed by atoms with Gasteiger partial charge in [-0.1, -0.05) is 12.1 Å². The fourth-order valence-corrected chi connectivity index (χ4v) is 3.17. The summed E-state index contributed by atoms with van der Waals surface area (Å²) in [5, 5.41) is 0. The number of benzene rings is 1. The summed E-state index contributed by atoms with van der Waals surface area (Å²) in [4.78, 5) is 30.6. The zero-order valence-corrected chi connectivity index (χ0v) is 15.0. The number of hydrogen-bond donors (Lipinski definition) is 0. The fraction of sp³-hybridized carbons (Fsp3) is 0.353. The standard InChI is InChI=1S/C17H18BrN3O3/c1-20-11-15(18)19-14(17(20)23)10-12-2-4-13(5-3-12)16(22)21-6-8-24-9-7-21/h2-5,11H,6-10H2,1H3. The van der Waals surface area contributed by atoms with E-state index in [1.165, 1.54) is 4.57 Å². The highest BCUT2D eigenvalue weighted by Gasteiger charge is 2.18. The molecule has 1 saturated heterocycles. The summed E-state index contributed by atoms with van der Waals surface area (Å²) < 4.78 is 7.39. The average molecular weight is 392 g/mol. The summed E-state index contributed by atoms with van der Waals surface area (Å²) in [5.74, 6) is 0.0151. The van der Waals surface area contributed by atoms with Crippen LogP contribution in [-0.4, -0.2) is 46.7 Å². The lowest BCUT2D eigenvalue weighted by molar-refractivity contribution is 0.0303. The molecule has 0 unspecified atom stereocenters. The highest BCUT2D eigenvalue weighted by atomic mass is 79.9. The molecule has 0 aliphatic carbocycles. The van der Waals surface area contributed by atoms with E-state index in [0.29, 0.717) is 48.6 Å². The highest BCUT2D eigenvalue weighted by molar-refractivity contribution is 9.10. The van der Waals surface area contributed by atoms with Gasteiger partial charge in [0.15, 0.2) is 0 Å². The molecule has 0 spiro atoms. The number of aryl methyl sites for hydroxylation is 1. The van der Waals surface area contributed by atoms with Crippen LogP contribution < -0.4 is 5.56 Å².